The number of nitro groups is 1. The number of rotatable bonds is 6. The average molecular weight is 573 g/mol. The molecule has 1 aliphatic carbocycles. The highest BCUT2D eigenvalue weighted by atomic mass is 79.9. The van der Waals surface area contributed by atoms with Crippen LogP contribution in [-0.2, 0) is 0 Å². The molecule has 196 valence electrons. The van der Waals surface area contributed by atoms with Crippen LogP contribution in [0, 0.1) is 16.0 Å². The van der Waals surface area contributed by atoms with Crippen molar-refractivity contribution in [2.75, 3.05) is 20.0 Å². The minimum absolute atomic E-state index is 0.0441. The summed E-state index contributed by atoms with van der Waals surface area (Å²) >= 11 is 3.12. The van der Waals surface area contributed by atoms with Gasteiger partial charge >= 0.3 is 0 Å². The van der Waals surface area contributed by atoms with Crippen LogP contribution in [0.5, 0.6) is 11.5 Å². The lowest BCUT2D eigenvalue weighted by Crippen LogP contribution is -2.24. The zero-order valence-corrected chi connectivity index (χ0v) is 22.2. The number of nitrogens with zero attached hydrogens (tertiary/aromatic N) is 3. The largest absolute Gasteiger partial charge is 0.496 e. The molecule has 5 N–H and O–H groups in total. The fraction of sp³-hybridized carbons (Fsp3) is 0.360. The quantitative estimate of drug-likeness (QED) is 0.148. The second-order valence-corrected chi connectivity index (χ2v) is 9.64. The van der Waals surface area contributed by atoms with Crippen molar-refractivity contribution in [3.8, 4) is 22.8 Å². The second-order valence-electron chi connectivity index (χ2n) is 8.78. The summed E-state index contributed by atoms with van der Waals surface area (Å²) in [7, 11) is 3.10. The fourth-order valence-corrected chi connectivity index (χ4v) is 5.01. The molecule has 4 aromatic rings. The zero-order valence-electron chi connectivity index (χ0n) is 20.6. The summed E-state index contributed by atoms with van der Waals surface area (Å²) in [6.07, 6.45) is 9.31. The molecule has 2 aromatic heterocycles. The number of anilines is 1. The summed E-state index contributed by atoms with van der Waals surface area (Å²) in [6, 6.07) is 6.58. The number of nitro benzene ring substituents is 1. The fourth-order valence-electron chi connectivity index (χ4n) is 4.52. The third kappa shape index (κ3) is 5.86. The number of H-pyrrole nitrogens is 1. The Bertz CT molecular complexity index is 1370. The average Bonchev–Trinajstić information content (AvgIpc) is 3.59. The smallest absolute Gasteiger partial charge is 0.293 e. The first-order valence-corrected chi connectivity index (χ1v) is 12.6. The molecule has 12 heteroatoms. The first-order chi connectivity index (χ1) is 17.8. The third-order valence-electron chi connectivity index (χ3n) is 6.49. The van der Waals surface area contributed by atoms with E-state index in [4.69, 9.17) is 30.3 Å². The van der Waals surface area contributed by atoms with Crippen molar-refractivity contribution in [2.45, 2.75) is 38.1 Å². The highest BCUT2D eigenvalue weighted by Crippen LogP contribution is 2.36. The molecule has 0 bridgehead atoms. The van der Waals surface area contributed by atoms with Gasteiger partial charge < -0.3 is 30.3 Å². The number of aromatic nitrogens is 3. The van der Waals surface area contributed by atoms with Crippen LogP contribution in [0.4, 0.5) is 11.4 Å². The molecule has 0 radical (unpaired) electrons. The summed E-state index contributed by atoms with van der Waals surface area (Å²) in [6.45, 7) is 0. The maximum atomic E-state index is 10.4. The van der Waals surface area contributed by atoms with E-state index in [1.165, 1.54) is 57.7 Å². The molecule has 0 saturated heterocycles. The van der Waals surface area contributed by atoms with Gasteiger partial charge in [0.2, 0.25) is 0 Å². The topological polar surface area (TPSA) is 168 Å². The van der Waals surface area contributed by atoms with Crippen molar-refractivity contribution in [3.63, 3.8) is 0 Å². The molecule has 0 aliphatic heterocycles. The molecule has 11 nitrogen and oxygen atoms in total. The Morgan fingerprint density at radius 3 is 2.51 bits per heavy atom. The van der Waals surface area contributed by atoms with Crippen molar-refractivity contribution < 1.29 is 18.8 Å². The highest BCUT2D eigenvalue weighted by molar-refractivity contribution is 9.10. The van der Waals surface area contributed by atoms with Gasteiger partial charge in [-0.15, -0.1) is 0 Å². The van der Waals surface area contributed by atoms with E-state index in [1.807, 2.05) is 12.1 Å². The van der Waals surface area contributed by atoms with Crippen LogP contribution >= 0.6 is 15.9 Å². The van der Waals surface area contributed by atoms with Crippen LogP contribution in [0.3, 0.4) is 0 Å². The molecule has 0 spiro atoms. The van der Waals surface area contributed by atoms with Crippen molar-refractivity contribution in [3.05, 3.63) is 57.3 Å². The molecule has 1 aliphatic rings. The molecule has 5 rings (SSSR count). The van der Waals surface area contributed by atoms with Crippen LogP contribution in [0.1, 0.15) is 44.0 Å². The van der Waals surface area contributed by atoms with Crippen LogP contribution in [0.2, 0.25) is 0 Å². The lowest BCUT2D eigenvalue weighted by molar-refractivity contribution is -0.384. The van der Waals surface area contributed by atoms with Gasteiger partial charge in [0.15, 0.2) is 12.2 Å². The van der Waals surface area contributed by atoms with Gasteiger partial charge in [-0.05, 0) is 40.8 Å². The number of benzene rings is 2. The number of oxazole rings is 1. The van der Waals surface area contributed by atoms with E-state index < -0.39 is 4.92 Å². The minimum Gasteiger partial charge on any atom is -0.496 e. The molecule has 1 saturated carbocycles. The summed E-state index contributed by atoms with van der Waals surface area (Å²) in [5.41, 5.74) is 14.5. The van der Waals surface area contributed by atoms with Crippen molar-refractivity contribution in [1.29, 1.82) is 0 Å². The number of aromatic amines is 1. The van der Waals surface area contributed by atoms with E-state index in [9.17, 15) is 10.1 Å². The van der Waals surface area contributed by atoms with E-state index in [1.54, 1.807) is 13.3 Å². The SMILES string of the molecule is COc1cc(N)c([N+](=O)[O-])cc1Br.COc1cc2nc([C@H](N)C3CCCCC3)[nH]c2cc1-c1cnco1. The number of hydrogen-bond acceptors (Lipinski definition) is 9. The van der Waals surface area contributed by atoms with Gasteiger partial charge in [-0.2, -0.15) is 0 Å². The maximum Gasteiger partial charge on any atom is 0.293 e. The van der Waals surface area contributed by atoms with Crippen LogP contribution in [-0.4, -0.2) is 34.1 Å². The number of fused-ring (bicyclic) bond motifs is 1. The number of imidazole rings is 1. The molecular formula is C25H29BrN6O5. The first kappa shape index (κ1) is 26.4. The molecule has 2 aromatic carbocycles. The predicted octanol–water partition coefficient (Wildman–Crippen LogP) is 5.75. The van der Waals surface area contributed by atoms with Gasteiger partial charge in [-0.1, -0.05) is 19.3 Å². The van der Waals surface area contributed by atoms with Gasteiger partial charge in [0.05, 0.1) is 52.5 Å². The number of nitrogens with one attached hydrogen (secondary N) is 1. The van der Waals surface area contributed by atoms with Crippen LogP contribution < -0.4 is 20.9 Å². The monoisotopic (exact) mass is 572 g/mol. The molecule has 1 atom stereocenters. The number of nitrogen functional groups attached to an aromatic ring is 1. The van der Waals surface area contributed by atoms with Crippen LogP contribution in [0.25, 0.3) is 22.4 Å². The minimum atomic E-state index is -0.542. The number of nitrogens with two attached hydrogens (primary N) is 2. The predicted molar refractivity (Wildman–Crippen MR) is 143 cm³/mol. The second kappa shape index (κ2) is 11.6. The molecular weight excluding hydrogens is 544 g/mol. The summed E-state index contributed by atoms with van der Waals surface area (Å²) in [5, 5.41) is 10.4. The van der Waals surface area contributed by atoms with Crippen molar-refractivity contribution in [2.24, 2.45) is 11.7 Å². The molecule has 0 amide bonds. The lowest BCUT2D eigenvalue weighted by atomic mass is 9.84. The first-order valence-electron chi connectivity index (χ1n) is 11.8. The normalized spacial score (nSPS) is 14.6. The molecule has 2 heterocycles. The lowest BCUT2D eigenvalue weighted by Gasteiger charge is -2.26. The molecule has 37 heavy (non-hydrogen) atoms. The van der Waals surface area contributed by atoms with Crippen molar-refractivity contribution >= 4 is 38.3 Å². The Labute approximate surface area is 221 Å². The van der Waals surface area contributed by atoms with E-state index in [0.29, 0.717) is 27.6 Å². The zero-order chi connectivity index (χ0) is 26.5. The van der Waals surface area contributed by atoms with E-state index in [0.717, 1.165) is 22.4 Å². The molecule has 0 unspecified atom stereocenters. The number of ether oxygens (including phenoxy) is 2. The Balaban J connectivity index is 0.000000209. The Hall–Kier alpha value is -3.64. The summed E-state index contributed by atoms with van der Waals surface area (Å²) in [4.78, 5) is 22.0. The Morgan fingerprint density at radius 2 is 1.89 bits per heavy atom. The number of methoxy groups -OCH3 is 2. The van der Waals surface area contributed by atoms with Gasteiger partial charge in [0.25, 0.3) is 5.69 Å². The maximum absolute atomic E-state index is 10.4. The van der Waals surface area contributed by atoms with E-state index >= 15 is 0 Å². The Morgan fingerprint density at radius 1 is 1.16 bits per heavy atom. The summed E-state index contributed by atoms with van der Waals surface area (Å²) < 4.78 is 16.3. The molecule has 1 fully saturated rings. The van der Waals surface area contributed by atoms with Gasteiger partial charge in [0.1, 0.15) is 23.0 Å². The highest BCUT2D eigenvalue weighted by Gasteiger charge is 2.25. The van der Waals surface area contributed by atoms with E-state index in [-0.39, 0.29) is 17.4 Å². The van der Waals surface area contributed by atoms with Gasteiger partial charge in [0, 0.05) is 18.2 Å². The number of halogens is 1. The third-order valence-corrected chi connectivity index (χ3v) is 7.11. The van der Waals surface area contributed by atoms with Gasteiger partial charge in [-0.3, -0.25) is 10.1 Å². The van der Waals surface area contributed by atoms with Crippen molar-refractivity contribution in [1.82, 2.24) is 15.0 Å². The Kier molecular flexibility index (Phi) is 8.29. The summed E-state index contributed by atoms with van der Waals surface area (Å²) in [5.74, 6) is 3.22. The van der Waals surface area contributed by atoms with E-state index in [2.05, 4.69) is 25.9 Å². The van der Waals surface area contributed by atoms with Gasteiger partial charge in [-0.25, -0.2) is 9.97 Å². The van der Waals surface area contributed by atoms with Crippen LogP contribution in [0.15, 0.2) is 45.7 Å². The standard InChI is InChI=1S/C18H22N4O2.C7H7BrN2O3/c1-23-15-8-14-13(7-12(15)16-9-20-10-24-16)21-18(22-14)17(19)11-5-3-2-4-6-11;1-13-7-3-5(9)6(10(11)12)2-4(7)8/h7-11,17H,2-6,19H2,1H3,(H,21,22);2-3H,9H2,1H3/t17-;/m1./s1. The number of hydrogen-bond donors (Lipinski definition) is 3.